The minimum atomic E-state index is 0. The van der Waals surface area contributed by atoms with Crippen LogP contribution < -0.4 is 0 Å². The van der Waals surface area contributed by atoms with Gasteiger partial charge in [-0.15, -0.1) is 0 Å². The summed E-state index contributed by atoms with van der Waals surface area (Å²) in [4.78, 5) is 0. The molecular formula is CrNiO5SbTi. The van der Waals surface area contributed by atoms with Gasteiger partial charge in [-0.2, -0.15) is 0 Å². The van der Waals surface area contributed by atoms with E-state index in [-0.39, 0.29) is 107 Å². The Morgan fingerprint density at radius 2 is 0.556 bits per heavy atom. The molecule has 0 aliphatic heterocycles. The van der Waals surface area contributed by atoms with Crippen molar-refractivity contribution in [2.45, 2.75) is 0 Å². The molecule has 0 atom stereocenters. The maximum Gasteiger partial charge on any atom is 4.00 e. The van der Waals surface area contributed by atoms with Gasteiger partial charge in [-0.3, -0.25) is 0 Å². The Morgan fingerprint density at radius 3 is 0.556 bits per heavy atom. The number of rotatable bonds is 0. The van der Waals surface area contributed by atoms with Gasteiger partial charge in [0.15, 0.2) is 0 Å². The van der Waals surface area contributed by atoms with E-state index in [0.29, 0.717) is 0 Å². The van der Waals surface area contributed by atoms with Crippen LogP contribution in [0.1, 0.15) is 0 Å². The molecule has 0 aliphatic carbocycles. The summed E-state index contributed by atoms with van der Waals surface area (Å²) in [6.45, 7) is 0. The van der Waals surface area contributed by atoms with Crippen LogP contribution >= 0.6 is 0 Å². The Kier molecular flexibility index (Phi) is 3970. The van der Waals surface area contributed by atoms with Gasteiger partial charge in [0, 0.05) is 16.5 Å². The molecule has 0 aliphatic rings. The molecule has 0 bridgehead atoms. The summed E-state index contributed by atoms with van der Waals surface area (Å²) < 4.78 is 0. The van der Waals surface area contributed by atoms with Crippen molar-refractivity contribution in [3.63, 3.8) is 0 Å². The molecule has 0 rings (SSSR count). The standard InChI is InChI=1S/Cr.Ni.5O.Sb.Ti/q+3;;5*-2;+3;+4. The molecular weight excluding hydrogens is 360 g/mol. The summed E-state index contributed by atoms with van der Waals surface area (Å²) in [6, 6.07) is 0. The molecule has 0 aromatic carbocycles. The minimum absolute atomic E-state index is 0. The second-order valence-electron chi connectivity index (χ2n) is 0. The van der Waals surface area contributed by atoms with E-state index < -0.39 is 0 Å². The van der Waals surface area contributed by atoms with Crippen LogP contribution in [0.2, 0.25) is 0 Å². The van der Waals surface area contributed by atoms with E-state index in [2.05, 4.69) is 0 Å². The fourth-order valence-electron chi connectivity index (χ4n) is 0. The molecule has 0 aromatic heterocycles. The van der Waals surface area contributed by atoms with Crippen LogP contribution in [-0.4, -0.2) is 24.4 Å². The molecule has 0 saturated carbocycles. The molecule has 0 heterocycles. The molecule has 0 saturated heterocycles. The normalized spacial score (nSPS) is 0. The molecule has 0 N–H and O–H groups in total. The Labute approximate surface area is 106 Å². The van der Waals surface area contributed by atoms with E-state index in [1.807, 2.05) is 0 Å². The summed E-state index contributed by atoms with van der Waals surface area (Å²) in [7, 11) is 0. The molecule has 0 unspecified atom stereocenters. The maximum absolute atomic E-state index is 0. The van der Waals surface area contributed by atoms with Crippen LogP contribution in [-0.2, 0) is 83.0 Å². The van der Waals surface area contributed by atoms with Crippen molar-refractivity contribution in [1.29, 1.82) is 0 Å². The SMILES string of the molecule is [Cr+3].[Ni].[O-2].[O-2].[O-2].[O-2].[O-2].[Sb+3].[Ti+4]. The summed E-state index contributed by atoms with van der Waals surface area (Å²) in [5.41, 5.74) is 0. The van der Waals surface area contributed by atoms with Crippen molar-refractivity contribution in [3.8, 4) is 0 Å². The Hall–Kier alpha value is 2.36. The summed E-state index contributed by atoms with van der Waals surface area (Å²) >= 11 is 0. The van der Waals surface area contributed by atoms with Gasteiger partial charge >= 0.3 is 63.5 Å². The monoisotopic (exact) mass is 359 g/mol. The first-order valence-electron chi connectivity index (χ1n) is 0. The number of hydrogen-bond acceptors (Lipinski definition) is 0. The van der Waals surface area contributed by atoms with Gasteiger partial charge in [0.05, 0.1) is 0 Å². The van der Waals surface area contributed by atoms with Crippen LogP contribution in [0.5, 0.6) is 0 Å². The first-order chi connectivity index (χ1) is 0. The molecule has 0 spiro atoms. The molecule has 5 nitrogen and oxygen atoms in total. The topological polar surface area (TPSA) is 142 Å². The van der Waals surface area contributed by atoms with Crippen LogP contribution in [0.3, 0.4) is 0 Å². The van der Waals surface area contributed by atoms with E-state index in [0.717, 1.165) is 0 Å². The second kappa shape index (κ2) is 163. The van der Waals surface area contributed by atoms with E-state index >= 15 is 0 Å². The fourth-order valence-corrected chi connectivity index (χ4v) is 0. The quantitative estimate of drug-likeness (QED) is 0.489. The summed E-state index contributed by atoms with van der Waals surface area (Å²) in [5, 5.41) is 0. The van der Waals surface area contributed by atoms with Crippen LogP contribution in [0.4, 0.5) is 0 Å². The smallest absolute Gasteiger partial charge is 2.00 e. The molecule has 55 valence electrons. The van der Waals surface area contributed by atoms with E-state index in [1.54, 1.807) is 0 Å². The minimum Gasteiger partial charge on any atom is -2.00 e. The van der Waals surface area contributed by atoms with Crippen molar-refractivity contribution >= 4 is 24.4 Å². The Bertz CT molecular complexity index is 16.9. The summed E-state index contributed by atoms with van der Waals surface area (Å²) in [6.07, 6.45) is 0. The van der Waals surface area contributed by atoms with Gasteiger partial charge in [-0.05, 0) is 0 Å². The average Bonchev–Trinajstić information content (AvgIpc) is 0. The zero-order valence-electron chi connectivity index (χ0n) is 3.71. The first kappa shape index (κ1) is 219. The predicted molar refractivity (Wildman–Crippen MR) is 9.19 cm³/mol. The second-order valence-corrected chi connectivity index (χ2v) is 0. The van der Waals surface area contributed by atoms with Gasteiger partial charge in [-0.25, -0.2) is 0 Å². The third-order valence-electron chi connectivity index (χ3n) is 0. The molecule has 0 fully saturated rings. The van der Waals surface area contributed by atoms with Crippen LogP contribution in [0, 0.1) is 0 Å². The van der Waals surface area contributed by atoms with Gasteiger partial charge in [0.25, 0.3) is 0 Å². The third-order valence-corrected chi connectivity index (χ3v) is 0. The van der Waals surface area contributed by atoms with Crippen molar-refractivity contribution < 1.29 is 83.0 Å². The van der Waals surface area contributed by atoms with E-state index in [1.165, 1.54) is 0 Å². The largest absolute Gasteiger partial charge is 4.00 e. The molecule has 3 radical (unpaired) electrons. The van der Waals surface area contributed by atoms with Crippen LogP contribution in [0.25, 0.3) is 0 Å². The molecule has 9 heteroatoms. The van der Waals surface area contributed by atoms with Gasteiger partial charge in [0.2, 0.25) is 0 Å². The van der Waals surface area contributed by atoms with Gasteiger partial charge < -0.3 is 27.4 Å². The van der Waals surface area contributed by atoms with Crippen molar-refractivity contribution in [2.24, 2.45) is 0 Å². The molecule has 0 aromatic rings. The Balaban J connectivity index is 0. The van der Waals surface area contributed by atoms with Crippen LogP contribution in [0.15, 0.2) is 0 Å². The van der Waals surface area contributed by atoms with Crippen molar-refractivity contribution in [1.82, 2.24) is 0 Å². The average molecular weight is 360 g/mol. The maximum atomic E-state index is 0. The van der Waals surface area contributed by atoms with E-state index in [9.17, 15) is 0 Å². The van der Waals surface area contributed by atoms with Crippen molar-refractivity contribution in [2.75, 3.05) is 0 Å². The third kappa shape index (κ3) is 130. The van der Waals surface area contributed by atoms with E-state index in [4.69, 9.17) is 0 Å². The first-order valence-corrected chi connectivity index (χ1v) is 0. The predicted octanol–water partition coefficient (Wildman–Crippen LogP) is -0.982. The number of hydrogen-bond donors (Lipinski definition) is 0. The Morgan fingerprint density at radius 1 is 0.556 bits per heavy atom. The zero-order chi connectivity index (χ0) is 0. The summed E-state index contributed by atoms with van der Waals surface area (Å²) in [5.74, 6) is 0. The molecule has 9 heavy (non-hydrogen) atoms. The van der Waals surface area contributed by atoms with Gasteiger partial charge in [-0.1, -0.05) is 0 Å². The van der Waals surface area contributed by atoms with Gasteiger partial charge in [0.1, 0.15) is 0 Å². The molecule has 0 amide bonds. The fraction of sp³-hybridized carbons (Fsp3) is 0. The van der Waals surface area contributed by atoms with Crippen molar-refractivity contribution in [3.05, 3.63) is 0 Å². The zero-order valence-corrected chi connectivity index (χ0v) is 10.1.